The Kier molecular flexibility index (Phi) is 4.84. The van der Waals surface area contributed by atoms with Gasteiger partial charge in [-0.15, -0.1) is 0 Å². The van der Waals surface area contributed by atoms with Gasteiger partial charge in [-0.05, 0) is 31.0 Å². The van der Waals surface area contributed by atoms with Gasteiger partial charge in [-0.2, -0.15) is 0 Å². The van der Waals surface area contributed by atoms with Gasteiger partial charge in [0.05, 0.1) is 7.11 Å². The van der Waals surface area contributed by atoms with E-state index >= 15 is 0 Å². The molecule has 18 heavy (non-hydrogen) atoms. The highest BCUT2D eigenvalue weighted by Crippen LogP contribution is 2.27. The third-order valence-electron chi connectivity index (χ3n) is 3.36. The van der Waals surface area contributed by atoms with Gasteiger partial charge in [0.15, 0.2) is 17.3 Å². The summed E-state index contributed by atoms with van der Waals surface area (Å²) in [5.41, 5.74) is -0.569. The molecule has 0 atom stereocenters. The molecule has 100 valence electrons. The Morgan fingerprint density at radius 2 is 1.89 bits per heavy atom. The third-order valence-corrected chi connectivity index (χ3v) is 3.36. The summed E-state index contributed by atoms with van der Waals surface area (Å²) in [5.74, 6) is -0.611. The van der Waals surface area contributed by atoms with Crippen LogP contribution in [0.5, 0.6) is 5.75 Å². The minimum atomic E-state index is -0.874. The van der Waals surface area contributed by atoms with E-state index < -0.39 is 11.4 Å². The van der Waals surface area contributed by atoms with Crippen molar-refractivity contribution < 1.29 is 18.7 Å². The zero-order chi connectivity index (χ0) is 13.8. The first-order valence-electron chi connectivity index (χ1n) is 5.98. The molecule has 0 N–H and O–H groups in total. The van der Waals surface area contributed by atoms with E-state index in [2.05, 4.69) is 0 Å². The molecule has 0 saturated carbocycles. The molecule has 0 unspecified atom stereocenters. The molecule has 1 aromatic rings. The molecular formula is C14H19FO3. The summed E-state index contributed by atoms with van der Waals surface area (Å²) in [6.45, 7) is 3.76. The predicted molar refractivity (Wildman–Crippen MR) is 67.6 cm³/mol. The van der Waals surface area contributed by atoms with Crippen molar-refractivity contribution in [3.05, 3.63) is 29.6 Å². The van der Waals surface area contributed by atoms with Crippen LogP contribution in [0, 0.1) is 5.82 Å². The lowest BCUT2D eigenvalue weighted by molar-refractivity contribution is -0.00264. The summed E-state index contributed by atoms with van der Waals surface area (Å²) in [7, 11) is 2.89. The molecule has 3 nitrogen and oxygen atoms in total. The van der Waals surface area contributed by atoms with Crippen LogP contribution in [0.4, 0.5) is 4.39 Å². The Hall–Kier alpha value is -1.42. The molecule has 0 aliphatic carbocycles. The molecule has 0 aliphatic heterocycles. The summed E-state index contributed by atoms with van der Waals surface area (Å²) >= 11 is 0. The zero-order valence-electron chi connectivity index (χ0n) is 11.2. The Morgan fingerprint density at radius 3 is 2.28 bits per heavy atom. The van der Waals surface area contributed by atoms with Crippen molar-refractivity contribution in [3.63, 3.8) is 0 Å². The lowest BCUT2D eigenvalue weighted by atomic mass is 9.87. The van der Waals surface area contributed by atoms with E-state index in [-0.39, 0.29) is 11.5 Å². The second-order valence-corrected chi connectivity index (χ2v) is 4.08. The number of methoxy groups -OCH3 is 2. The van der Waals surface area contributed by atoms with Crippen molar-refractivity contribution in [1.82, 2.24) is 0 Å². The fraction of sp³-hybridized carbons (Fsp3) is 0.500. The topological polar surface area (TPSA) is 35.5 Å². The number of halogens is 1. The van der Waals surface area contributed by atoms with Crippen molar-refractivity contribution >= 4 is 5.78 Å². The summed E-state index contributed by atoms with van der Waals surface area (Å²) in [5, 5.41) is 0. The highest BCUT2D eigenvalue weighted by atomic mass is 19.1. The van der Waals surface area contributed by atoms with Crippen molar-refractivity contribution in [2.45, 2.75) is 32.3 Å². The van der Waals surface area contributed by atoms with Gasteiger partial charge in [-0.1, -0.05) is 13.8 Å². The number of rotatable bonds is 6. The maximum atomic E-state index is 13.6. The Balaban J connectivity index is 3.14. The van der Waals surface area contributed by atoms with Crippen LogP contribution in [0.2, 0.25) is 0 Å². The molecule has 0 radical (unpaired) electrons. The summed E-state index contributed by atoms with van der Waals surface area (Å²) in [4.78, 5) is 12.4. The minimum absolute atomic E-state index is 0.127. The van der Waals surface area contributed by atoms with Crippen LogP contribution >= 0.6 is 0 Å². The normalized spacial score (nSPS) is 11.4. The molecule has 0 amide bonds. The number of Topliss-reactive ketones (excluding diaryl/α,β-unsaturated/α-hetero) is 1. The van der Waals surface area contributed by atoms with Gasteiger partial charge < -0.3 is 9.47 Å². The van der Waals surface area contributed by atoms with Crippen LogP contribution < -0.4 is 4.74 Å². The molecular weight excluding hydrogens is 235 g/mol. The smallest absolute Gasteiger partial charge is 0.194 e. The largest absolute Gasteiger partial charge is 0.494 e. The lowest BCUT2D eigenvalue weighted by Crippen LogP contribution is -2.39. The molecule has 1 aromatic carbocycles. The lowest BCUT2D eigenvalue weighted by Gasteiger charge is -2.28. The zero-order valence-corrected chi connectivity index (χ0v) is 11.2. The predicted octanol–water partition coefficient (Wildman–Crippen LogP) is 3.22. The Morgan fingerprint density at radius 1 is 1.28 bits per heavy atom. The van der Waals surface area contributed by atoms with E-state index in [1.54, 1.807) is 6.07 Å². The van der Waals surface area contributed by atoms with Crippen molar-refractivity contribution in [3.8, 4) is 5.75 Å². The average Bonchev–Trinajstić information content (AvgIpc) is 2.41. The fourth-order valence-electron chi connectivity index (χ4n) is 2.02. The van der Waals surface area contributed by atoms with E-state index in [4.69, 9.17) is 9.47 Å². The SMILES string of the molecule is CCC(CC)(OC)C(=O)c1ccc(OC)c(F)c1. The standard InChI is InChI=1S/C14H19FO3/c1-5-14(6-2,18-4)13(16)10-7-8-12(17-3)11(15)9-10/h7-9H,5-6H2,1-4H3. The van der Waals surface area contributed by atoms with Crippen molar-refractivity contribution in [1.29, 1.82) is 0 Å². The van der Waals surface area contributed by atoms with Gasteiger partial charge in [0.1, 0.15) is 5.60 Å². The third kappa shape index (κ3) is 2.53. The number of carbonyl (C=O) groups excluding carboxylic acids is 1. The van der Waals surface area contributed by atoms with Crippen LogP contribution in [0.3, 0.4) is 0 Å². The average molecular weight is 254 g/mol. The molecule has 4 heteroatoms. The van der Waals surface area contributed by atoms with E-state index in [0.717, 1.165) is 0 Å². The molecule has 0 aliphatic rings. The monoisotopic (exact) mass is 254 g/mol. The van der Waals surface area contributed by atoms with Crippen molar-refractivity contribution in [2.75, 3.05) is 14.2 Å². The highest BCUT2D eigenvalue weighted by molar-refractivity contribution is 6.02. The fourth-order valence-corrected chi connectivity index (χ4v) is 2.02. The Bertz CT molecular complexity index is 417. The molecule has 0 bridgehead atoms. The molecule has 0 aromatic heterocycles. The maximum Gasteiger partial charge on any atom is 0.194 e. The molecule has 0 spiro atoms. The first-order valence-corrected chi connectivity index (χ1v) is 5.98. The molecule has 0 saturated heterocycles. The van der Waals surface area contributed by atoms with Crippen LogP contribution in [0.15, 0.2) is 18.2 Å². The van der Waals surface area contributed by atoms with Gasteiger partial charge in [-0.25, -0.2) is 4.39 Å². The first-order chi connectivity index (χ1) is 8.54. The quantitative estimate of drug-likeness (QED) is 0.731. The van der Waals surface area contributed by atoms with Gasteiger partial charge in [0.25, 0.3) is 0 Å². The van der Waals surface area contributed by atoms with Gasteiger partial charge in [-0.3, -0.25) is 4.79 Å². The summed E-state index contributed by atoms with van der Waals surface area (Å²) in [6, 6.07) is 4.21. The highest BCUT2D eigenvalue weighted by Gasteiger charge is 2.35. The summed E-state index contributed by atoms with van der Waals surface area (Å²) in [6.07, 6.45) is 1.10. The van der Waals surface area contributed by atoms with Crippen LogP contribution in [0.25, 0.3) is 0 Å². The number of ether oxygens (including phenoxy) is 2. The van der Waals surface area contributed by atoms with Gasteiger partial charge in [0, 0.05) is 12.7 Å². The van der Waals surface area contributed by atoms with Gasteiger partial charge >= 0.3 is 0 Å². The Labute approximate surface area is 107 Å². The van der Waals surface area contributed by atoms with E-state index in [1.807, 2.05) is 13.8 Å². The molecule has 0 heterocycles. The molecule has 0 fully saturated rings. The number of hydrogen-bond acceptors (Lipinski definition) is 3. The van der Waals surface area contributed by atoms with E-state index in [0.29, 0.717) is 18.4 Å². The second kappa shape index (κ2) is 5.96. The summed E-state index contributed by atoms with van der Waals surface area (Å²) < 4.78 is 23.8. The van der Waals surface area contributed by atoms with Gasteiger partial charge in [0.2, 0.25) is 0 Å². The number of hydrogen-bond donors (Lipinski definition) is 0. The number of ketones is 1. The molecule has 1 rings (SSSR count). The van der Waals surface area contributed by atoms with E-state index in [1.165, 1.54) is 26.4 Å². The maximum absolute atomic E-state index is 13.6. The van der Waals surface area contributed by atoms with Crippen LogP contribution in [-0.4, -0.2) is 25.6 Å². The van der Waals surface area contributed by atoms with E-state index in [9.17, 15) is 9.18 Å². The number of benzene rings is 1. The number of carbonyl (C=O) groups is 1. The first kappa shape index (κ1) is 14.6. The second-order valence-electron chi connectivity index (χ2n) is 4.08. The van der Waals surface area contributed by atoms with Crippen LogP contribution in [0.1, 0.15) is 37.0 Å². The van der Waals surface area contributed by atoms with Crippen molar-refractivity contribution in [2.24, 2.45) is 0 Å². The van der Waals surface area contributed by atoms with Crippen LogP contribution in [-0.2, 0) is 4.74 Å². The minimum Gasteiger partial charge on any atom is -0.494 e.